The minimum absolute atomic E-state index is 0.577. The number of para-hydroxylation sites is 2. The highest BCUT2D eigenvalue weighted by Gasteiger charge is 2.26. The molecule has 6 heteroatoms. The number of hydrogen-bond donors (Lipinski definition) is 1. The van der Waals surface area contributed by atoms with Gasteiger partial charge in [-0.1, -0.05) is 206 Å². The number of furan rings is 1. The van der Waals surface area contributed by atoms with E-state index >= 15 is 0 Å². The van der Waals surface area contributed by atoms with Gasteiger partial charge >= 0.3 is 0 Å². The quantitative estimate of drug-likeness (QED) is 0.165. The lowest BCUT2D eigenvalue weighted by Crippen LogP contribution is -2.04. The third-order valence-electron chi connectivity index (χ3n) is 14.8. The SMILES string of the molecule is c1ccc(-c2ccc(-c3cc(-c4nc(-c5ccccc5)nc(-c5ccccc5)n4)cc(-c4ccc(-c5ccccc5)cc4)c3-n3c4ccccc4c4c5oc6ccc7c8ccccc8[nH]c7c6c5ccc43)cc2)cc1. The lowest BCUT2D eigenvalue weighted by Gasteiger charge is -2.21. The average molecular weight is 958 g/mol. The maximum atomic E-state index is 7.08. The van der Waals surface area contributed by atoms with Crippen LogP contribution in [0.25, 0.3) is 150 Å². The highest BCUT2D eigenvalue weighted by Crippen LogP contribution is 2.48. The molecule has 0 spiro atoms. The van der Waals surface area contributed by atoms with Gasteiger partial charge in [0.1, 0.15) is 11.2 Å². The number of H-pyrrole nitrogens is 1. The van der Waals surface area contributed by atoms with Gasteiger partial charge in [0.25, 0.3) is 0 Å². The van der Waals surface area contributed by atoms with Crippen LogP contribution in [0.4, 0.5) is 0 Å². The van der Waals surface area contributed by atoms with Gasteiger partial charge in [-0.2, -0.15) is 0 Å². The van der Waals surface area contributed by atoms with Crippen molar-refractivity contribution in [2.45, 2.75) is 0 Å². The van der Waals surface area contributed by atoms with Gasteiger partial charge < -0.3 is 14.0 Å². The van der Waals surface area contributed by atoms with Crippen LogP contribution in [0, 0.1) is 0 Å². The van der Waals surface area contributed by atoms with Crippen molar-refractivity contribution in [3.05, 3.63) is 255 Å². The Labute approximate surface area is 431 Å². The van der Waals surface area contributed by atoms with Gasteiger partial charge in [-0.05, 0) is 81.9 Å². The monoisotopic (exact) mass is 957 g/mol. The molecule has 1 N–H and O–H groups in total. The Hall–Kier alpha value is -10.2. The maximum Gasteiger partial charge on any atom is 0.164 e. The molecule has 0 unspecified atom stereocenters. The zero-order valence-corrected chi connectivity index (χ0v) is 40.4. The Kier molecular flexibility index (Phi) is 9.78. The van der Waals surface area contributed by atoms with E-state index in [0.717, 1.165) is 122 Å². The van der Waals surface area contributed by atoms with Crippen LogP contribution in [0.1, 0.15) is 0 Å². The molecule has 0 aliphatic rings. The van der Waals surface area contributed by atoms with Gasteiger partial charge in [0.05, 0.1) is 33.0 Å². The molecular formula is C69H43N5O. The molecule has 15 rings (SSSR count). The van der Waals surface area contributed by atoms with Crippen LogP contribution in [-0.2, 0) is 0 Å². The summed E-state index contributed by atoms with van der Waals surface area (Å²) < 4.78 is 9.54. The minimum Gasteiger partial charge on any atom is -0.455 e. The van der Waals surface area contributed by atoms with Crippen molar-refractivity contribution in [3.63, 3.8) is 0 Å². The molecule has 0 atom stereocenters. The normalized spacial score (nSPS) is 11.7. The number of benzene rings is 11. The summed E-state index contributed by atoms with van der Waals surface area (Å²) in [4.78, 5) is 19.5. The molecule has 350 valence electrons. The molecular weight excluding hydrogens is 915 g/mol. The van der Waals surface area contributed by atoms with E-state index in [4.69, 9.17) is 19.4 Å². The molecule has 0 saturated carbocycles. The Morgan fingerprint density at radius 1 is 0.320 bits per heavy atom. The Bertz CT molecular complexity index is 4490. The predicted octanol–water partition coefficient (Wildman–Crippen LogP) is 18.2. The molecule has 6 nitrogen and oxygen atoms in total. The zero-order chi connectivity index (χ0) is 49.4. The molecule has 11 aromatic carbocycles. The van der Waals surface area contributed by atoms with Crippen LogP contribution in [0.3, 0.4) is 0 Å². The molecule has 75 heavy (non-hydrogen) atoms. The summed E-state index contributed by atoms with van der Waals surface area (Å²) in [6.45, 7) is 0. The van der Waals surface area contributed by atoms with E-state index in [2.05, 4.69) is 228 Å². The van der Waals surface area contributed by atoms with Crippen molar-refractivity contribution in [1.29, 1.82) is 0 Å². The first-order valence-corrected chi connectivity index (χ1v) is 25.3. The predicted molar refractivity (Wildman–Crippen MR) is 309 cm³/mol. The maximum absolute atomic E-state index is 7.08. The van der Waals surface area contributed by atoms with Crippen LogP contribution < -0.4 is 0 Å². The summed E-state index contributed by atoms with van der Waals surface area (Å²) in [5.74, 6) is 1.79. The van der Waals surface area contributed by atoms with E-state index in [1.54, 1.807) is 0 Å². The molecule has 4 heterocycles. The number of nitrogens with zero attached hydrogens (tertiary/aromatic N) is 4. The second-order valence-corrected chi connectivity index (χ2v) is 19.2. The van der Waals surface area contributed by atoms with Crippen LogP contribution >= 0.6 is 0 Å². The summed E-state index contributed by atoms with van der Waals surface area (Å²) >= 11 is 0. The first kappa shape index (κ1) is 42.5. The molecule has 0 aliphatic carbocycles. The zero-order valence-electron chi connectivity index (χ0n) is 40.4. The van der Waals surface area contributed by atoms with Gasteiger partial charge in [-0.25, -0.2) is 15.0 Å². The molecule has 0 aliphatic heterocycles. The van der Waals surface area contributed by atoms with Crippen molar-refractivity contribution in [1.82, 2.24) is 24.5 Å². The largest absolute Gasteiger partial charge is 0.455 e. The number of aromatic amines is 1. The minimum atomic E-state index is 0.577. The highest BCUT2D eigenvalue weighted by molar-refractivity contribution is 6.29. The summed E-state index contributed by atoms with van der Waals surface area (Å²) in [5, 5.41) is 6.69. The summed E-state index contributed by atoms with van der Waals surface area (Å²) in [6.07, 6.45) is 0. The summed E-state index contributed by atoms with van der Waals surface area (Å²) in [7, 11) is 0. The Morgan fingerprint density at radius 2 is 0.773 bits per heavy atom. The number of rotatable bonds is 8. The van der Waals surface area contributed by atoms with Crippen molar-refractivity contribution < 1.29 is 4.42 Å². The molecule has 15 aromatic rings. The third kappa shape index (κ3) is 7.07. The van der Waals surface area contributed by atoms with Crippen LogP contribution in [0.15, 0.2) is 259 Å². The fraction of sp³-hybridized carbons (Fsp3) is 0. The summed E-state index contributed by atoms with van der Waals surface area (Å²) in [6, 6.07) is 90.1. The molecule has 4 aromatic heterocycles. The molecule has 0 bridgehead atoms. The van der Waals surface area contributed by atoms with Crippen molar-refractivity contribution in [2.75, 3.05) is 0 Å². The van der Waals surface area contributed by atoms with Crippen molar-refractivity contribution in [2.24, 2.45) is 0 Å². The number of nitrogens with one attached hydrogen (secondary N) is 1. The van der Waals surface area contributed by atoms with Crippen LogP contribution in [-0.4, -0.2) is 24.5 Å². The van der Waals surface area contributed by atoms with Crippen LogP contribution in [0.5, 0.6) is 0 Å². The fourth-order valence-corrected chi connectivity index (χ4v) is 11.3. The topological polar surface area (TPSA) is 72.5 Å². The average Bonchev–Trinajstić information content (AvgIpc) is 4.21. The Morgan fingerprint density at radius 3 is 1.35 bits per heavy atom. The first-order valence-electron chi connectivity index (χ1n) is 25.3. The smallest absolute Gasteiger partial charge is 0.164 e. The second kappa shape index (κ2) is 17.3. The lowest BCUT2D eigenvalue weighted by molar-refractivity contribution is 0.673. The van der Waals surface area contributed by atoms with Crippen LogP contribution in [0.2, 0.25) is 0 Å². The first-order chi connectivity index (χ1) is 37.2. The van der Waals surface area contributed by atoms with E-state index in [1.807, 2.05) is 36.4 Å². The van der Waals surface area contributed by atoms with E-state index in [1.165, 1.54) is 10.8 Å². The highest BCUT2D eigenvalue weighted by atomic mass is 16.3. The van der Waals surface area contributed by atoms with E-state index in [-0.39, 0.29) is 0 Å². The van der Waals surface area contributed by atoms with Gasteiger partial charge in [-0.15, -0.1) is 0 Å². The van der Waals surface area contributed by atoms with Gasteiger partial charge in [-0.3, -0.25) is 0 Å². The van der Waals surface area contributed by atoms with E-state index < -0.39 is 0 Å². The second-order valence-electron chi connectivity index (χ2n) is 19.2. The molecule has 0 fully saturated rings. The van der Waals surface area contributed by atoms with Crippen molar-refractivity contribution in [3.8, 4) is 84.4 Å². The standard InChI is InChI=1S/C69H43N5O/c1-5-17-43(18-6-1)45-29-33-47(34-30-45)56-41-51(69-72-67(49-21-9-3-10-22-49)71-68(73-69)50-23-11-4-12-24-50)42-57(48-35-31-46(32-36-48)44-19-7-2-8-20-44)65(56)74-59-28-16-14-26-54(59)62-60(74)39-37-55-63-61(75-66(55)62)40-38-53-52-25-13-15-27-58(52)70-64(53)63/h1-42,70H. The molecule has 0 saturated heterocycles. The summed E-state index contributed by atoms with van der Waals surface area (Å²) in [5.41, 5.74) is 18.4. The van der Waals surface area contributed by atoms with Gasteiger partial charge in [0, 0.05) is 54.9 Å². The van der Waals surface area contributed by atoms with Crippen molar-refractivity contribution >= 4 is 65.6 Å². The fourth-order valence-electron chi connectivity index (χ4n) is 11.3. The van der Waals surface area contributed by atoms with E-state index in [0.29, 0.717) is 17.5 Å². The Balaban J connectivity index is 1.05. The number of hydrogen-bond acceptors (Lipinski definition) is 4. The third-order valence-corrected chi connectivity index (χ3v) is 14.8. The van der Waals surface area contributed by atoms with E-state index in [9.17, 15) is 0 Å². The number of aromatic nitrogens is 5. The molecule has 0 amide bonds. The lowest BCUT2D eigenvalue weighted by atomic mass is 9.91. The number of fused-ring (bicyclic) bond motifs is 11. The molecule has 0 radical (unpaired) electrons. The van der Waals surface area contributed by atoms with Gasteiger partial charge in [0.15, 0.2) is 17.5 Å². The van der Waals surface area contributed by atoms with Gasteiger partial charge in [0.2, 0.25) is 0 Å².